The van der Waals surface area contributed by atoms with E-state index < -0.39 is 0 Å². The Kier molecular flexibility index (Phi) is 3.77. The van der Waals surface area contributed by atoms with E-state index in [2.05, 4.69) is 17.2 Å². The van der Waals surface area contributed by atoms with Crippen LogP contribution in [0.5, 0.6) is 5.75 Å². The molecule has 0 aliphatic heterocycles. The molecule has 90 valence electrons. The molecule has 0 aromatic carbocycles. The number of furan rings is 1. The summed E-state index contributed by atoms with van der Waals surface area (Å²) in [5, 5.41) is 3.41. The Morgan fingerprint density at radius 3 is 3.00 bits per heavy atom. The summed E-state index contributed by atoms with van der Waals surface area (Å²) in [5.41, 5.74) is 2.14. The molecule has 0 aliphatic carbocycles. The first-order valence-electron chi connectivity index (χ1n) is 5.60. The summed E-state index contributed by atoms with van der Waals surface area (Å²) < 4.78 is 10.5. The van der Waals surface area contributed by atoms with Crippen LogP contribution in [0.15, 0.2) is 41.5 Å². The van der Waals surface area contributed by atoms with Gasteiger partial charge in [0.25, 0.3) is 0 Å². The van der Waals surface area contributed by atoms with E-state index in [0.29, 0.717) is 0 Å². The Morgan fingerprint density at radius 1 is 1.47 bits per heavy atom. The zero-order valence-corrected chi connectivity index (χ0v) is 10.0. The molecular formula is C13H16N2O2. The van der Waals surface area contributed by atoms with Gasteiger partial charge in [0, 0.05) is 17.3 Å². The number of pyridine rings is 1. The van der Waals surface area contributed by atoms with Gasteiger partial charge in [-0.3, -0.25) is 4.98 Å². The summed E-state index contributed by atoms with van der Waals surface area (Å²) >= 11 is 0. The minimum Gasteiger partial charge on any atom is -0.495 e. The van der Waals surface area contributed by atoms with Gasteiger partial charge in [0.1, 0.15) is 5.75 Å². The number of ether oxygens (including phenoxy) is 1. The fourth-order valence-electron chi connectivity index (χ4n) is 1.85. The third kappa shape index (κ3) is 2.47. The molecule has 0 radical (unpaired) electrons. The first-order chi connectivity index (χ1) is 8.36. The van der Waals surface area contributed by atoms with Crippen LogP contribution in [-0.2, 0) is 0 Å². The molecule has 0 saturated heterocycles. The topological polar surface area (TPSA) is 47.3 Å². The smallest absolute Gasteiger partial charge is 0.142 e. The van der Waals surface area contributed by atoms with E-state index in [1.54, 1.807) is 32.0 Å². The maximum Gasteiger partial charge on any atom is 0.142 e. The van der Waals surface area contributed by atoms with Gasteiger partial charge < -0.3 is 14.5 Å². The van der Waals surface area contributed by atoms with Gasteiger partial charge >= 0.3 is 0 Å². The molecule has 0 amide bonds. The van der Waals surface area contributed by atoms with Crippen molar-refractivity contribution >= 4 is 0 Å². The molecule has 0 aliphatic rings. The minimum absolute atomic E-state index is 0.0664. The van der Waals surface area contributed by atoms with Crippen molar-refractivity contribution in [3.63, 3.8) is 0 Å². The predicted octanol–water partition coefficient (Wildman–Crippen LogP) is 2.38. The summed E-state index contributed by atoms with van der Waals surface area (Å²) in [6, 6.07) is 3.98. The zero-order chi connectivity index (χ0) is 12.1. The number of rotatable bonds is 5. The van der Waals surface area contributed by atoms with Crippen LogP contribution in [0.3, 0.4) is 0 Å². The Balaban J connectivity index is 2.39. The number of methoxy groups -OCH3 is 1. The highest BCUT2D eigenvalue weighted by Gasteiger charge is 2.18. The minimum atomic E-state index is 0.0664. The lowest BCUT2D eigenvalue weighted by Crippen LogP contribution is -2.22. The van der Waals surface area contributed by atoms with E-state index in [-0.39, 0.29) is 6.04 Å². The maximum absolute atomic E-state index is 5.34. The maximum atomic E-state index is 5.34. The van der Waals surface area contributed by atoms with Crippen LogP contribution in [0.25, 0.3) is 0 Å². The van der Waals surface area contributed by atoms with E-state index in [9.17, 15) is 0 Å². The summed E-state index contributed by atoms with van der Waals surface area (Å²) in [7, 11) is 1.65. The SMILES string of the molecule is CCNC(c1ccoc1)c1ccncc1OC. The predicted molar refractivity (Wildman–Crippen MR) is 65.0 cm³/mol. The fraction of sp³-hybridized carbons (Fsp3) is 0.308. The molecule has 0 saturated carbocycles. The Hall–Kier alpha value is -1.81. The van der Waals surface area contributed by atoms with Crippen LogP contribution >= 0.6 is 0 Å². The molecule has 1 unspecified atom stereocenters. The van der Waals surface area contributed by atoms with Crippen molar-refractivity contribution in [2.45, 2.75) is 13.0 Å². The third-order valence-electron chi connectivity index (χ3n) is 2.63. The number of nitrogens with one attached hydrogen (secondary N) is 1. The van der Waals surface area contributed by atoms with Gasteiger partial charge in [-0.1, -0.05) is 6.92 Å². The summed E-state index contributed by atoms with van der Waals surface area (Å²) in [6.45, 7) is 2.93. The highest BCUT2D eigenvalue weighted by atomic mass is 16.5. The summed E-state index contributed by atoms with van der Waals surface area (Å²) in [5.74, 6) is 0.777. The van der Waals surface area contributed by atoms with Gasteiger partial charge in [-0.05, 0) is 18.7 Å². The van der Waals surface area contributed by atoms with Crippen LogP contribution < -0.4 is 10.1 Å². The molecule has 2 heterocycles. The Morgan fingerprint density at radius 2 is 2.35 bits per heavy atom. The van der Waals surface area contributed by atoms with Crippen molar-refractivity contribution in [1.29, 1.82) is 0 Å². The molecule has 0 spiro atoms. The van der Waals surface area contributed by atoms with Gasteiger partial charge in [0.15, 0.2) is 0 Å². The van der Waals surface area contributed by atoms with E-state index in [0.717, 1.165) is 23.4 Å². The Labute approximate surface area is 101 Å². The highest BCUT2D eigenvalue weighted by molar-refractivity contribution is 5.38. The largest absolute Gasteiger partial charge is 0.495 e. The van der Waals surface area contributed by atoms with E-state index in [1.807, 2.05) is 12.1 Å². The second kappa shape index (κ2) is 5.50. The molecule has 2 rings (SSSR count). The molecule has 1 N–H and O–H groups in total. The number of hydrogen-bond acceptors (Lipinski definition) is 4. The summed E-state index contributed by atoms with van der Waals surface area (Å²) in [6.07, 6.45) is 6.91. The fourth-order valence-corrected chi connectivity index (χ4v) is 1.85. The van der Waals surface area contributed by atoms with Crippen LogP contribution in [0.1, 0.15) is 24.1 Å². The van der Waals surface area contributed by atoms with Crippen molar-refractivity contribution in [2.75, 3.05) is 13.7 Å². The number of nitrogens with zero attached hydrogens (tertiary/aromatic N) is 1. The molecule has 0 bridgehead atoms. The first kappa shape index (κ1) is 11.7. The van der Waals surface area contributed by atoms with E-state index in [1.165, 1.54) is 0 Å². The monoisotopic (exact) mass is 232 g/mol. The average molecular weight is 232 g/mol. The quantitative estimate of drug-likeness (QED) is 0.859. The summed E-state index contributed by atoms with van der Waals surface area (Å²) in [4.78, 5) is 4.06. The van der Waals surface area contributed by atoms with Gasteiger partial charge in [-0.25, -0.2) is 0 Å². The molecule has 4 heteroatoms. The zero-order valence-electron chi connectivity index (χ0n) is 10.0. The van der Waals surface area contributed by atoms with Crippen molar-refractivity contribution in [3.8, 4) is 5.75 Å². The highest BCUT2D eigenvalue weighted by Crippen LogP contribution is 2.29. The molecule has 17 heavy (non-hydrogen) atoms. The average Bonchev–Trinajstić information content (AvgIpc) is 2.89. The second-order valence-electron chi connectivity index (χ2n) is 3.66. The normalized spacial score (nSPS) is 12.4. The lowest BCUT2D eigenvalue weighted by atomic mass is 10.0. The van der Waals surface area contributed by atoms with E-state index in [4.69, 9.17) is 9.15 Å². The molecule has 0 fully saturated rings. The van der Waals surface area contributed by atoms with Gasteiger partial charge in [-0.15, -0.1) is 0 Å². The molecule has 2 aromatic rings. The molecule has 4 nitrogen and oxygen atoms in total. The van der Waals surface area contributed by atoms with Crippen molar-refractivity contribution in [1.82, 2.24) is 10.3 Å². The van der Waals surface area contributed by atoms with E-state index >= 15 is 0 Å². The van der Waals surface area contributed by atoms with Crippen molar-refractivity contribution < 1.29 is 9.15 Å². The lowest BCUT2D eigenvalue weighted by molar-refractivity contribution is 0.402. The molecular weight excluding hydrogens is 216 g/mol. The standard InChI is InChI=1S/C13H16N2O2/c1-3-15-13(10-5-7-17-9-10)11-4-6-14-8-12(11)16-2/h4-9,13,15H,3H2,1-2H3. The van der Waals surface area contributed by atoms with Gasteiger partial charge in [0.05, 0.1) is 31.9 Å². The van der Waals surface area contributed by atoms with Gasteiger partial charge in [-0.2, -0.15) is 0 Å². The van der Waals surface area contributed by atoms with Crippen LogP contribution in [0.2, 0.25) is 0 Å². The van der Waals surface area contributed by atoms with Crippen LogP contribution in [0, 0.1) is 0 Å². The number of hydrogen-bond donors (Lipinski definition) is 1. The molecule has 2 aromatic heterocycles. The van der Waals surface area contributed by atoms with Crippen molar-refractivity contribution in [2.24, 2.45) is 0 Å². The first-order valence-corrected chi connectivity index (χ1v) is 5.60. The number of aromatic nitrogens is 1. The van der Waals surface area contributed by atoms with Crippen LogP contribution in [0.4, 0.5) is 0 Å². The molecule has 1 atom stereocenters. The van der Waals surface area contributed by atoms with Crippen molar-refractivity contribution in [3.05, 3.63) is 48.2 Å². The second-order valence-corrected chi connectivity index (χ2v) is 3.66. The van der Waals surface area contributed by atoms with Gasteiger partial charge in [0.2, 0.25) is 0 Å². The Bertz CT molecular complexity index is 454. The third-order valence-corrected chi connectivity index (χ3v) is 2.63. The lowest BCUT2D eigenvalue weighted by Gasteiger charge is -2.19. The van der Waals surface area contributed by atoms with Crippen LogP contribution in [-0.4, -0.2) is 18.6 Å².